The second-order valence-corrected chi connectivity index (χ2v) is 7.32. The number of nitrogen functional groups attached to an aromatic ring is 1. The summed E-state index contributed by atoms with van der Waals surface area (Å²) in [4.78, 5) is 14.7. The molecule has 0 saturated heterocycles. The van der Waals surface area contributed by atoms with E-state index in [4.69, 9.17) is 15.6 Å². The van der Waals surface area contributed by atoms with E-state index in [0.717, 1.165) is 51.0 Å². The molecular weight excluding hydrogens is 346 g/mol. The fraction of sp³-hybridized carbons (Fsp3) is 0.211. The lowest BCUT2D eigenvalue weighted by Gasteiger charge is -2.11. The molecule has 0 amide bonds. The summed E-state index contributed by atoms with van der Waals surface area (Å²) in [7, 11) is 1.68. The molecule has 7 heteroatoms. The van der Waals surface area contributed by atoms with Crippen molar-refractivity contribution in [1.82, 2.24) is 15.0 Å². The highest BCUT2D eigenvalue weighted by Gasteiger charge is 2.24. The molecule has 3 heterocycles. The summed E-state index contributed by atoms with van der Waals surface area (Å²) in [6.45, 7) is 0. The van der Waals surface area contributed by atoms with Crippen LogP contribution in [0.5, 0.6) is 5.75 Å². The lowest BCUT2D eigenvalue weighted by atomic mass is 9.96. The topological polar surface area (TPSA) is 86.0 Å². The van der Waals surface area contributed by atoms with Crippen molar-refractivity contribution in [2.75, 3.05) is 12.5 Å². The minimum absolute atomic E-state index is 0.638. The number of nitrogens with zero attached hydrogens (tertiary/aromatic N) is 3. The molecule has 0 aliphatic heterocycles. The molecule has 0 fully saturated rings. The highest BCUT2D eigenvalue weighted by molar-refractivity contribution is 7.26. The van der Waals surface area contributed by atoms with Crippen LogP contribution in [0.25, 0.3) is 31.6 Å². The number of benzene rings is 1. The number of thiophene rings is 1. The summed E-state index contributed by atoms with van der Waals surface area (Å²) >= 11 is 1.59. The van der Waals surface area contributed by atoms with Gasteiger partial charge >= 0.3 is 0 Å². The zero-order valence-electron chi connectivity index (χ0n) is 14.2. The monoisotopic (exact) mass is 363 g/mol. The molecule has 0 radical (unpaired) electrons. The van der Waals surface area contributed by atoms with Crippen molar-refractivity contribution in [2.24, 2.45) is 5.84 Å². The van der Waals surface area contributed by atoms with Gasteiger partial charge in [0.05, 0.1) is 17.3 Å². The van der Waals surface area contributed by atoms with Crippen LogP contribution in [-0.4, -0.2) is 22.1 Å². The third kappa shape index (κ3) is 2.17. The Morgan fingerprint density at radius 3 is 2.77 bits per heavy atom. The molecule has 6 nitrogen and oxygen atoms in total. The molecule has 0 saturated carbocycles. The molecule has 1 aromatic carbocycles. The Balaban J connectivity index is 1.90. The van der Waals surface area contributed by atoms with Gasteiger partial charge in [-0.15, -0.1) is 11.3 Å². The van der Waals surface area contributed by atoms with Gasteiger partial charge in [0.1, 0.15) is 16.9 Å². The van der Waals surface area contributed by atoms with Crippen LogP contribution in [0.3, 0.4) is 0 Å². The van der Waals surface area contributed by atoms with Crippen molar-refractivity contribution < 1.29 is 4.74 Å². The summed E-state index contributed by atoms with van der Waals surface area (Å²) < 4.78 is 6.26. The molecule has 26 heavy (non-hydrogen) atoms. The zero-order valence-corrected chi connectivity index (χ0v) is 15.1. The first-order chi connectivity index (χ1) is 12.8. The summed E-state index contributed by atoms with van der Waals surface area (Å²) in [5.41, 5.74) is 8.51. The summed E-state index contributed by atoms with van der Waals surface area (Å²) in [6, 6.07) is 8.22. The zero-order chi connectivity index (χ0) is 17.7. The Hall–Kier alpha value is -2.77. The predicted octanol–water partition coefficient (Wildman–Crippen LogP) is 3.69. The van der Waals surface area contributed by atoms with Gasteiger partial charge in [-0.05, 0) is 48.1 Å². The van der Waals surface area contributed by atoms with E-state index in [1.165, 1.54) is 16.8 Å². The Morgan fingerprint density at radius 2 is 2.00 bits per heavy atom. The van der Waals surface area contributed by atoms with E-state index < -0.39 is 0 Å². The van der Waals surface area contributed by atoms with Crippen LogP contribution < -0.4 is 16.0 Å². The van der Waals surface area contributed by atoms with Crippen molar-refractivity contribution in [3.05, 3.63) is 41.9 Å². The molecular formula is C19H17N5OS. The smallest absolute Gasteiger partial charge is 0.161 e. The number of nitrogens with one attached hydrogen (secondary N) is 1. The molecule has 0 atom stereocenters. The molecule has 3 N–H and O–H groups in total. The normalized spacial score (nSPS) is 13.3. The average molecular weight is 363 g/mol. The minimum atomic E-state index is 0.638. The van der Waals surface area contributed by atoms with Crippen LogP contribution in [0.4, 0.5) is 5.82 Å². The van der Waals surface area contributed by atoms with Crippen LogP contribution in [0.15, 0.2) is 30.6 Å². The molecule has 3 aromatic heterocycles. The van der Waals surface area contributed by atoms with Gasteiger partial charge in [-0.3, -0.25) is 0 Å². The van der Waals surface area contributed by atoms with Crippen LogP contribution >= 0.6 is 11.3 Å². The molecule has 130 valence electrons. The highest BCUT2D eigenvalue weighted by atomic mass is 32.1. The predicted molar refractivity (Wildman–Crippen MR) is 105 cm³/mol. The molecule has 5 rings (SSSR count). The third-order valence-electron chi connectivity index (χ3n) is 4.95. The lowest BCUT2D eigenvalue weighted by molar-refractivity contribution is 0.415. The average Bonchev–Trinajstić information content (AvgIpc) is 3.30. The van der Waals surface area contributed by atoms with Crippen molar-refractivity contribution in [1.29, 1.82) is 0 Å². The largest absolute Gasteiger partial charge is 0.497 e. The maximum atomic E-state index is 5.65. The molecule has 0 unspecified atom stereocenters. The van der Waals surface area contributed by atoms with Gasteiger partial charge < -0.3 is 10.2 Å². The maximum Gasteiger partial charge on any atom is 0.161 e. The Morgan fingerprint density at radius 1 is 1.15 bits per heavy atom. The van der Waals surface area contributed by atoms with Crippen molar-refractivity contribution in [3.63, 3.8) is 0 Å². The Kier molecular flexibility index (Phi) is 3.51. The van der Waals surface area contributed by atoms with Crippen molar-refractivity contribution in [3.8, 4) is 16.9 Å². The van der Waals surface area contributed by atoms with E-state index in [9.17, 15) is 0 Å². The number of hydrazine groups is 1. The molecule has 0 spiro atoms. The minimum Gasteiger partial charge on any atom is -0.497 e. The van der Waals surface area contributed by atoms with Crippen molar-refractivity contribution >= 4 is 37.6 Å². The van der Waals surface area contributed by atoms with Crippen molar-refractivity contribution in [2.45, 2.75) is 19.3 Å². The van der Waals surface area contributed by atoms with Gasteiger partial charge in [0, 0.05) is 11.1 Å². The highest BCUT2D eigenvalue weighted by Crippen LogP contribution is 2.44. The third-order valence-corrected chi connectivity index (χ3v) is 6.03. The summed E-state index contributed by atoms with van der Waals surface area (Å²) in [6.07, 6.45) is 4.76. The number of ether oxygens (including phenoxy) is 1. The quantitative estimate of drug-likeness (QED) is 0.426. The van der Waals surface area contributed by atoms with Gasteiger partial charge in [-0.2, -0.15) is 0 Å². The van der Waals surface area contributed by atoms with Gasteiger partial charge in [0.15, 0.2) is 5.82 Å². The maximum absolute atomic E-state index is 5.65. The van der Waals surface area contributed by atoms with Gasteiger partial charge in [0.25, 0.3) is 0 Å². The molecule has 1 aliphatic rings. The van der Waals surface area contributed by atoms with E-state index >= 15 is 0 Å². The van der Waals surface area contributed by atoms with E-state index in [1.807, 2.05) is 12.1 Å². The second kappa shape index (κ2) is 5.89. The van der Waals surface area contributed by atoms with Crippen LogP contribution in [0, 0.1) is 0 Å². The molecule has 4 aromatic rings. The fourth-order valence-electron chi connectivity index (χ4n) is 3.77. The lowest BCUT2D eigenvalue weighted by Crippen LogP contribution is -2.08. The number of hydrogen-bond donors (Lipinski definition) is 2. The van der Waals surface area contributed by atoms with Gasteiger partial charge in [-0.25, -0.2) is 20.8 Å². The van der Waals surface area contributed by atoms with E-state index in [-0.39, 0.29) is 0 Å². The first-order valence-electron chi connectivity index (χ1n) is 8.50. The number of aromatic nitrogens is 3. The van der Waals surface area contributed by atoms with E-state index in [1.54, 1.807) is 24.8 Å². The second-order valence-electron chi connectivity index (χ2n) is 6.32. The number of rotatable bonds is 3. The summed E-state index contributed by atoms with van der Waals surface area (Å²) in [5, 5.41) is 1.09. The van der Waals surface area contributed by atoms with Crippen LogP contribution in [-0.2, 0) is 12.8 Å². The Labute approximate surface area is 154 Å². The number of aryl methyl sites for hydroxylation is 1. The SMILES string of the molecule is COc1ccc(-c2c3c(nc4sc5c(NN)ncnc5c24)CCC3)cc1. The first-order valence-corrected chi connectivity index (χ1v) is 9.32. The molecule has 0 bridgehead atoms. The molecule has 1 aliphatic carbocycles. The number of methoxy groups -OCH3 is 1. The number of hydrogen-bond acceptors (Lipinski definition) is 7. The van der Waals surface area contributed by atoms with Crippen LogP contribution in [0.2, 0.25) is 0 Å². The van der Waals surface area contributed by atoms with Crippen LogP contribution in [0.1, 0.15) is 17.7 Å². The summed E-state index contributed by atoms with van der Waals surface area (Å²) in [5.74, 6) is 7.14. The van der Waals surface area contributed by atoms with Gasteiger partial charge in [-0.1, -0.05) is 12.1 Å². The van der Waals surface area contributed by atoms with E-state index in [2.05, 4.69) is 27.5 Å². The number of pyridine rings is 1. The number of fused-ring (bicyclic) bond motifs is 4. The first kappa shape index (κ1) is 15.5. The van der Waals surface area contributed by atoms with E-state index in [0.29, 0.717) is 5.82 Å². The number of nitrogens with two attached hydrogens (primary N) is 1. The number of anilines is 1. The fourth-order valence-corrected chi connectivity index (χ4v) is 4.88. The Bertz CT molecular complexity index is 1140. The van der Waals surface area contributed by atoms with Gasteiger partial charge in [0.2, 0.25) is 0 Å². The standard InChI is InChI=1S/C19H17N5OS/c1-25-11-7-5-10(6-8-11)14-12-3-2-4-13(12)23-19-15(14)16-17(26-19)18(24-20)22-9-21-16/h5-9H,2-4,20H2,1H3,(H,21,22,24).